The van der Waals surface area contributed by atoms with Crippen LogP contribution in [0.15, 0.2) is 64.8 Å². The average Bonchev–Trinajstić information content (AvgIpc) is 3.68. The number of hydrogen-bond donors (Lipinski definition) is 1. The Morgan fingerprint density at radius 1 is 1.23 bits per heavy atom. The number of Topliss-reactive ketones (excluding diaryl/α,β-unsaturated/α-hetero) is 1. The van der Waals surface area contributed by atoms with Gasteiger partial charge < -0.3 is 4.57 Å². The highest BCUT2D eigenvalue weighted by atomic mass is 16.2. The average molecular weight is 527 g/mol. The third kappa shape index (κ3) is 4.94. The quantitative estimate of drug-likeness (QED) is 0.302. The van der Waals surface area contributed by atoms with Gasteiger partial charge in [-0.25, -0.2) is 9.89 Å². The largest absolute Gasteiger partial charge is 0.334 e. The summed E-state index contributed by atoms with van der Waals surface area (Å²) in [6, 6.07) is 9.96. The minimum Gasteiger partial charge on any atom is -0.331 e. The van der Waals surface area contributed by atoms with E-state index in [1.54, 1.807) is 23.8 Å². The Hall–Kier alpha value is -4.34. The fourth-order valence-corrected chi connectivity index (χ4v) is 5.28. The number of tetrazole rings is 1. The number of imidazole rings is 1. The van der Waals surface area contributed by atoms with E-state index in [1.165, 1.54) is 0 Å². The molecule has 202 valence electrons. The zero-order valence-corrected chi connectivity index (χ0v) is 22.8. The van der Waals surface area contributed by atoms with Crippen LogP contribution in [0.2, 0.25) is 0 Å². The first-order valence-corrected chi connectivity index (χ1v) is 13.4. The predicted molar refractivity (Wildman–Crippen MR) is 151 cm³/mol. The molecule has 0 saturated heterocycles. The molecule has 3 aromatic heterocycles. The fourth-order valence-electron chi connectivity index (χ4n) is 5.28. The molecule has 0 spiro atoms. The maximum Gasteiger partial charge on any atom is 0.334 e. The molecule has 1 atom stereocenters. The number of aromatic amines is 1. The molecule has 1 aliphatic rings. The summed E-state index contributed by atoms with van der Waals surface area (Å²) in [6.45, 7) is 8.21. The summed E-state index contributed by atoms with van der Waals surface area (Å²) in [7, 11) is 0. The molecule has 10 heteroatoms. The second-order valence-corrected chi connectivity index (χ2v) is 10.4. The van der Waals surface area contributed by atoms with Crippen molar-refractivity contribution in [2.45, 2.75) is 71.4 Å². The van der Waals surface area contributed by atoms with Crippen molar-refractivity contribution in [1.82, 2.24) is 34.3 Å². The number of aromatic nitrogens is 7. The molecule has 4 aromatic rings. The topological polar surface area (TPSA) is 116 Å². The van der Waals surface area contributed by atoms with Crippen molar-refractivity contribution in [1.29, 1.82) is 0 Å². The number of ketones is 1. The summed E-state index contributed by atoms with van der Waals surface area (Å²) in [5, 5.41) is 14.3. The molecule has 39 heavy (non-hydrogen) atoms. The van der Waals surface area contributed by atoms with Crippen molar-refractivity contribution < 1.29 is 4.79 Å². The highest BCUT2D eigenvalue weighted by molar-refractivity contribution is 5.97. The van der Waals surface area contributed by atoms with E-state index in [2.05, 4.69) is 50.7 Å². The SMILES string of the molecule is CCCCc1cn(-c2c(C(C)=O)ccn2C(C)C)c(=O)n1CC1(c2cccc(-c3nnn[nH]3)c2)C=CN=CC1. The van der Waals surface area contributed by atoms with Gasteiger partial charge in [0.2, 0.25) is 0 Å². The molecule has 1 N–H and O–H groups in total. The van der Waals surface area contributed by atoms with Gasteiger partial charge in [-0.05, 0) is 68.2 Å². The van der Waals surface area contributed by atoms with Gasteiger partial charge in [-0.3, -0.25) is 18.9 Å². The van der Waals surface area contributed by atoms with Crippen LogP contribution in [0, 0.1) is 0 Å². The van der Waals surface area contributed by atoms with E-state index in [1.807, 2.05) is 53.7 Å². The molecule has 1 unspecified atom stereocenters. The summed E-state index contributed by atoms with van der Waals surface area (Å²) in [6.07, 6.45) is 12.9. The number of aryl methyl sites for hydroxylation is 1. The monoisotopic (exact) mass is 526 g/mol. The van der Waals surface area contributed by atoms with Gasteiger partial charge in [-0.15, -0.1) is 5.10 Å². The minimum absolute atomic E-state index is 0.0687. The van der Waals surface area contributed by atoms with Gasteiger partial charge >= 0.3 is 5.69 Å². The Kier molecular flexibility index (Phi) is 7.28. The van der Waals surface area contributed by atoms with Gasteiger partial charge in [0.25, 0.3) is 0 Å². The third-order valence-corrected chi connectivity index (χ3v) is 7.44. The first-order chi connectivity index (χ1) is 18.8. The maximum atomic E-state index is 14.2. The normalized spacial score (nSPS) is 16.8. The van der Waals surface area contributed by atoms with Crippen molar-refractivity contribution in [3.05, 3.63) is 82.3 Å². The summed E-state index contributed by atoms with van der Waals surface area (Å²) in [5.41, 5.74) is 2.72. The van der Waals surface area contributed by atoms with Crippen LogP contribution in [-0.2, 0) is 18.4 Å². The summed E-state index contributed by atoms with van der Waals surface area (Å²) < 4.78 is 5.53. The van der Waals surface area contributed by atoms with Crippen LogP contribution >= 0.6 is 0 Å². The van der Waals surface area contributed by atoms with Crippen LogP contribution in [0.4, 0.5) is 0 Å². The number of rotatable bonds is 10. The number of hydrogen-bond acceptors (Lipinski definition) is 6. The molecular weight excluding hydrogens is 492 g/mol. The van der Waals surface area contributed by atoms with E-state index in [-0.39, 0.29) is 17.5 Å². The Bertz CT molecular complexity index is 1590. The zero-order chi connectivity index (χ0) is 27.6. The molecule has 1 aromatic carbocycles. The van der Waals surface area contributed by atoms with Crippen LogP contribution in [0.5, 0.6) is 0 Å². The van der Waals surface area contributed by atoms with E-state index < -0.39 is 5.41 Å². The smallest absolute Gasteiger partial charge is 0.331 e. The molecule has 10 nitrogen and oxygen atoms in total. The standard InChI is InChI=1S/C29H34N8O2/c1-5-6-10-24-18-36(27-25(21(4)38)11-16-35(27)20(2)3)28(39)37(24)19-29(12-14-30-15-13-29)23-9-7-8-22(17-23)26-31-33-34-32-26/h7-9,11-12,14-18,20H,5-6,10,13,19H2,1-4H3,(H,31,32,33,34). The lowest BCUT2D eigenvalue weighted by Gasteiger charge is -2.32. The number of benzene rings is 1. The van der Waals surface area contributed by atoms with E-state index in [0.717, 1.165) is 36.1 Å². The van der Waals surface area contributed by atoms with Gasteiger partial charge in [-0.1, -0.05) is 37.6 Å². The van der Waals surface area contributed by atoms with Gasteiger partial charge in [-0.2, -0.15) is 0 Å². The predicted octanol–water partition coefficient (Wildman–Crippen LogP) is 4.67. The van der Waals surface area contributed by atoms with E-state index in [9.17, 15) is 9.59 Å². The molecule has 0 saturated carbocycles. The highest BCUT2D eigenvalue weighted by Gasteiger charge is 2.33. The van der Waals surface area contributed by atoms with Crippen LogP contribution in [0.3, 0.4) is 0 Å². The molecule has 0 radical (unpaired) electrons. The maximum absolute atomic E-state index is 14.2. The van der Waals surface area contributed by atoms with E-state index >= 15 is 0 Å². The van der Waals surface area contributed by atoms with Crippen molar-refractivity contribution in [3.63, 3.8) is 0 Å². The number of nitrogens with one attached hydrogen (secondary N) is 1. The summed E-state index contributed by atoms with van der Waals surface area (Å²) >= 11 is 0. The molecule has 0 amide bonds. The zero-order valence-electron chi connectivity index (χ0n) is 22.8. The van der Waals surface area contributed by atoms with Crippen LogP contribution in [0.1, 0.15) is 74.6 Å². The van der Waals surface area contributed by atoms with Gasteiger partial charge in [0.1, 0.15) is 5.82 Å². The van der Waals surface area contributed by atoms with Gasteiger partial charge in [0.05, 0.1) is 5.56 Å². The minimum atomic E-state index is -0.508. The number of nitrogens with zero attached hydrogens (tertiary/aromatic N) is 7. The first-order valence-electron chi connectivity index (χ1n) is 13.4. The Morgan fingerprint density at radius 3 is 2.74 bits per heavy atom. The molecule has 0 bridgehead atoms. The summed E-state index contributed by atoms with van der Waals surface area (Å²) in [5.74, 6) is 1.13. The molecule has 0 fully saturated rings. The number of H-pyrrole nitrogens is 1. The second kappa shape index (κ2) is 10.8. The van der Waals surface area contributed by atoms with Crippen LogP contribution in [-0.4, -0.2) is 46.3 Å². The fraction of sp³-hybridized carbons (Fsp3) is 0.379. The number of allylic oxidation sites excluding steroid dienone is 1. The second-order valence-electron chi connectivity index (χ2n) is 10.4. The van der Waals surface area contributed by atoms with Crippen LogP contribution < -0.4 is 5.69 Å². The number of aliphatic imine (C=N–C) groups is 1. The molecule has 1 aliphatic heterocycles. The Labute approximate surface area is 227 Å². The van der Waals surface area contributed by atoms with Crippen molar-refractivity contribution in [2.75, 3.05) is 0 Å². The number of carbonyl (C=O) groups is 1. The number of carbonyl (C=O) groups excluding carboxylic acids is 1. The van der Waals surface area contributed by atoms with Crippen molar-refractivity contribution in [2.24, 2.45) is 4.99 Å². The lowest BCUT2D eigenvalue weighted by molar-refractivity contribution is 0.101. The van der Waals surface area contributed by atoms with Crippen molar-refractivity contribution in [3.8, 4) is 17.2 Å². The lowest BCUT2D eigenvalue weighted by atomic mass is 9.76. The molecule has 0 aliphatic carbocycles. The first kappa shape index (κ1) is 26.3. The molecule has 5 rings (SSSR count). The third-order valence-electron chi connectivity index (χ3n) is 7.44. The van der Waals surface area contributed by atoms with E-state index in [0.29, 0.717) is 30.2 Å². The van der Waals surface area contributed by atoms with Gasteiger partial charge in [0.15, 0.2) is 11.6 Å². The molecule has 4 heterocycles. The van der Waals surface area contributed by atoms with Crippen molar-refractivity contribution >= 4 is 12.0 Å². The molecular formula is C29H34N8O2. The van der Waals surface area contributed by atoms with Crippen LogP contribution in [0.25, 0.3) is 17.2 Å². The lowest BCUT2D eigenvalue weighted by Crippen LogP contribution is -2.37. The number of unbranched alkanes of at least 4 members (excludes halogenated alkanes) is 1. The Morgan fingerprint density at radius 2 is 2.08 bits per heavy atom. The highest BCUT2D eigenvalue weighted by Crippen LogP contribution is 2.35. The van der Waals surface area contributed by atoms with Gasteiger partial charge in [0, 0.05) is 54.1 Å². The Balaban J connectivity index is 1.66. The van der Waals surface area contributed by atoms with E-state index in [4.69, 9.17) is 0 Å². The summed E-state index contributed by atoms with van der Waals surface area (Å²) in [4.78, 5) is 31.1.